The van der Waals surface area contributed by atoms with Crippen LogP contribution in [0.25, 0.3) is 0 Å². The molecule has 2 fully saturated rings. The first-order chi connectivity index (χ1) is 9.92. The van der Waals surface area contributed by atoms with Gasteiger partial charge in [-0.2, -0.15) is 17.4 Å². The molecule has 6 nitrogen and oxygen atoms in total. The maximum Gasteiger partial charge on any atom is 0.279 e. The van der Waals surface area contributed by atoms with Gasteiger partial charge in [-0.25, -0.2) is 0 Å². The molecule has 0 aromatic rings. The average molecular weight is 318 g/mol. The van der Waals surface area contributed by atoms with Crippen molar-refractivity contribution in [2.24, 2.45) is 11.8 Å². The van der Waals surface area contributed by atoms with E-state index in [0.717, 1.165) is 38.9 Å². The van der Waals surface area contributed by atoms with Crippen molar-refractivity contribution in [1.82, 2.24) is 19.2 Å². The molecule has 0 bridgehead atoms. The Bertz CT molecular complexity index is 427. The molecule has 2 N–H and O–H groups in total. The Balaban J connectivity index is 1.94. The van der Waals surface area contributed by atoms with Gasteiger partial charge in [0.2, 0.25) is 0 Å². The van der Waals surface area contributed by atoms with Crippen LogP contribution in [0.1, 0.15) is 26.2 Å². The molecule has 7 heteroatoms. The smallest absolute Gasteiger partial charge is 0.279 e. The molecular weight excluding hydrogens is 288 g/mol. The van der Waals surface area contributed by atoms with Crippen molar-refractivity contribution in [2.75, 3.05) is 46.8 Å². The Hall–Kier alpha value is -0.210. The lowest BCUT2D eigenvalue weighted by Gasteiger charge is -2.37. The molecule has 2 rings (SSSR count). The van der Waals surface area contributed by atoms with Crippen LogP contribution in [-0.2, 0) is 10.2 Å². The fourth-order valence-corrected chi connectivity index (χ4v) is 5.15. The second-order valence-electron chi connectivity index (χ2n) is 6.68. The first-order valence-corrected chi connectivity index (χ1v) is 9.47. The van der Waals surface area contributed by atoms with E-state index >= 15 is 0 Å². The second kappa shape index (κ2) is 7.37. The van der Waals surface area contributed by atoms with Crippen molar-refractivity contribution >= 4 is 10.2 Å². The SMILES string of the molecule is CNCC1CCCN(S(=O)(=O)NC2CCN(C)CC2C)C1. The van der Waals surface area contributed by atoms with Crippen LogP contribution in [0.15, 0.2) is 0 Å². The van der Waals surface area contributed by atoms with Crippen LogP contribution in [0, 0.1) is 11.8 Å². The summed E-state index contributed by atoms with van der Waals surface area (Å²) in [6.45, 7) is 6.21. The summed E-state index contributed by atoms with van der Waals surface area (Å²) in [6, 6.07) is 0.0656. The standard InChI is InChI=1S/C14H30N4O2S/c1-12-10-17(3)8-6-14(12)16-21(19,20)18-7-4-5-13(11-18)9-15-2/h12-16H,4-11H2,1-3H3. The molecule has 0 aromatic carbocycles. The van der Waals surface area contributed by atoms with Crippen LogP contribution in [0.2, 0.25) is 0 Å². The molecule has 0 spiro atoms. The van der Waals surface area contributed by atoms with E-state index in [1.54, 1.807) is 4.31 Å². The Kier molecular flexibility index (Phi) is 6.02. The van der Waals surface area contributed by atoms with Gasteiger partial charge in [-0.15, -0.1) is 0 Å². The zero-order valence-corrected chi connectivity index (χ0v) is 14.3. The largest absolute Gasteiger partial charge is 0.319 e. The number of rotatable bonds is 5. The molecule has 3 unspecified atom stereocenters. The molecule has 3 atom stereocenters. The highest BCUT2D eigenvalue weighted by Crippen LogP contribution is 2.21. The number of hydrogen-bond donors (Lipinski definition) is 2. The third-order valence-corrected chi connectivity index (χ3v) is 6.34. The van der Waals surface area contributed by atoms with Gasteiger partial charge in [-0.3, -0.25) is 0 Å². The van der Waals surface area contributed by atoms with E-state index in [0.29, 0.717) is 24.9 Å². The zero-order chi connectivity index (χ0) is 15.5. The lowest BCUT2D eigenvalue weighted by atomic mass is 9.95. The summed E-state index contributed by atoms with van der Waals surface area (Å²) in [5.74, 6) is 0.784. The minimum Gasteiger partial charge on any atom is -0.319 e. The van der Waals surface area contributed by atoms with Gasteiger partial charge in [-0.05, 0) is 58.3 Å². The van der Waals surface area contributed by atoms with E-state index in [-0.39, 0.29) is 6.04 Å². The van der Waals surface area contributed by atoms with Crippen molar-refractivity contribution in [3.8, 4) is 0 Å². The molecule has 0 saturated carbocycles. The molecule has 2 saturated heterocycles. The maximum atomic E-state index is 12.6. The molecule has 0 aliphatic carbocycles. The molecule has 0 aromatic heterocycles. The maximum absolute atomic E-state index is 12.6. The van der Waals surface area contributed by atoms with Crippen molar-refractivity contribution in [1.29, 1.82) is 0 Å². The summed E-state index contributed by atoms with van der Waals surface area (Å²) >= 11 is 0. The summed E-state index contributed by atoms with van der Waals surface area (Å²) < 4.78 is 29.8. The van der Waals surface area contributed by atoms with Crippen LogP contribution in [0.5, 0.6) is 0 Å². The van der Waals surface area contributed by atoms with Gasteiger partial charge in [-0.1, -0.05) is 6.92 Å². The molecule has 2 heterocycles. The fraction of sp³-hybridized carbons (Fsp3) is 1.00. The van der Waals surface area contributed by atoms with E-state index in [9.17, 15) is 8.42 Å². The molecular formula is C14H30N4O2S. The third-order valence-electron chi connectivity index (χ3n) is 4.72. The van der Waals surface area contributed by atoms with Crippen LogP contribution in [0.4, 0.5) is 0 Å². The second-order valence-corrected chi connectivity index (χ2v) is 8.38. The number of likely N-dealkylation sites (tertiary alicyclic amines) is 1. The Morgan fingerprint density at radius 2 is 1.95 bits per heavy atom. The molecule has 2 aliphatic rings. The first kappa shape index (κ1) is 17.1. The van der Waals surface area contributed by atoms with E-state index in [1.807, 2.05) is 7.05 Å². The predicted molar refractivity (Wildman–Crippen MR) is 85.3 cm³/mol. The molecule has 124 valence electrons. The number of piperidine rings is 2. The topological polar surface area (TPSA) is 64.7 Å². The average Bonchev–Trinajstić information content (AvgIpc) is 2.43. The number of hydrogen-bond acceptors (Lipinski definition) is 4. The van der Waals surface area contributed by atoms with E-state index in [4.69, 9.17) is 0 Å². The van der Waals surface area contributed by atoms with Gasteiger partial charge in [0.05, 0.1) is 0 Å². The Morgan fingerprint density at radius 3 is 2.62 bits per heavy atom. The van der Waals surface area contributed by atoms with Gasteiger partial charge < -0.3 is 10.2 Å². The summed E-state index contributed by atoms with van der Waals surface area (Å²) in [5, 5.41) is 3.16. The Labute approximate surface area is 129 Å². The summed E-state index contributed by atoms with van der Waals surface area (Å²) in [6.07, 6.45) is 2.96. The molecule has 0 amide bonds. The minimum atomic E-state index is -3.35. The van der Waals surface area contributed by atoms with Crippen LogP contribution < -0.4 is 10.0 Å². The lowest BCUT2D eigenvalue weighted by Crippen LogP contribution is -2.54. The number of nitrogens with zero attached hydrogens (tertiary/aromatic N) is 2. The van der Waals surface area contributed by atoms with Gasteiger partial charge in [0.1, 0.15) is 0 Å². The van der Waals surface area contributed by atoms with Crippen molar-refractivity contribution < 1.29 is 8.42 Å². The Morgan fingerprint density at radius 1 is 1.19 bits per heavy atom. The highest BCUT2D eigenvalue weighted by Gasteiger charge is 2.33. The summed E-state index contributed by atoms with van der Waals surface area (Å²) in [4.78, 5) is 2.26. The van der Waals surface area contributed by atoms with Crippen molar-refractivity contribution in [3.63, 3.8) is 0 Å². The molecule has 0 radical (unpaired) electrons. The van der Waals surface area contributed by atoms with Gasteiger partial charge in [0, 0.05) is 25.7 Å². The van der Waals surface area contributed by atoms with Crippen molar-refractivity contribution in [2.45, 2.75) is 32.2 Å². The van der Waals surface area contributed by atoms with E-state index in [1.165, 1.54) is 0 Å². The van der Waals surface area contributed by atoms with E-state index in [2.05, 4.69) is 28.9 Å². The van der Waals surface area contributed by atoms with Crippen LogP contribution in [-0.4, -0.2) is 70.5 Å². The molecule has 21 heavy (non-hydrogen) atoms. The van der Waals surface area contributed by atoms with Gasteiger partial charge in [0.15, 0.2) is 0 Å². The first-order valence-electron chi connectivity index (χ1n) is 8.03. The minimum absolute atomic E-state index is 0.0656. The van der Waals surface area contributed by atoms with E-state index < -0.39 is 10.2 Å². The fourth-order valence-electron chi connectivity index (χ4n) is 3.50. The predicted octanol–water partition coefficient (Wildman–Crippen LogP) is 0.0924. The third kappa shape index (κ3) is 4.63. The molecule has 2 aliphatic heterocycles. The summed E-state index contributed by atoms with van der Waals surface area (Å²) in [5.41, 5.74) is 0. The summed E-state index contributed by atoms with van der Waals surface area (Å²) in [7, 11) is 0.666. The van der Waals surface area contributed by atoms with Crippen LogP contribution >= 0.6 is 0 Å². The zero-order valence-electron chi connectivity index (χ0n) is 13.5. The number of nitrogens with one attached hydrogen (secondary N) is 2. The highest BCUT2D eigenvalue weighted by molar-refractivity contribution is 7.87. The van der Waals surface area contributed by atoms with Gasteiger partial charge in [0.25, 0.3) is 10.2 Å². The lowest BCUT2D eigenvalue weighted by molar-refractivity contribution is 0.184. The van der Waals surface area contributed by atoms with Gasteiger partial charge >= 0.3 is 0 Å². The van der Waals surface area contributed by atoms with Crippen molar-refractivity contribution in [3.05, 3.63) is 0 Å². The quantitative estimate of drug-likeness (QED) is 0.754. The normalized spacial score (nSPS) is 33.2. The monoisotopic (exact) mass is 318 g/mol. The van der Waals surface area contributed by atoms with Crippen LogP contribution in [0.3, 0.4) is 0 Å². The highest BCUT2D eigenvalue weighted by atomic mass is 32.2.